The van der Waals surface area contributed by atoms with Crippen molar-refractivity contribution in [2.45, 2.75) is 77.9 Å². The molecule has 2 unspecified atom stereocenters. The molecule has 0 amide bonds. The smallest absolute Gasteiger partial charge is 0.0253 e. The average molecular weight is 226 g/mol. The van der Waals surface area contributed by atoms with Gasteiger partial charge < -0.3 is 5.32 Å². The summed E-state index contributed by atoms with van der Waals surface area (Å²) in [6, 6.07) is 1.48. The third-order valence-electron chi connectivity index (χ3n) is 3.88. The molecule has 96 valence electrons. The third kappa shape index (κ3) is 3.74. The van der Waals surface area contributed by atoms with Crippen LogP contribution in [0, 0.1) is 0 Å². The Hall–Kier alpha value is -0.0800. The van der Waals surface area contributed by atoms with Gasteiger partial charge in [-0.25, -0.2) is 0 Å². The maximum absolute atomic E-state index is 3.66. The van der Waals surface area contributed by atoms with Crippen LogP contribution in [0.1, 0.15) is 60.3 Å². The van der Waals surface area contributed by atoms with E-state index >= 15 is 0 Å². The summed E-state index contributed by atoms with van der Waals surface area (Å²) in [7, 11) is 0. The zero-order valence-corrected chi connectivity index (χ0v) is 11.8. The van der Waals surface area contributed by atoms with Crippen LogP contribution in [-0.4, -0.2) is 35.6 Å². The summed E-state index contributed by atoms with van der Waals surface area (Å²) in [5.41, 5.74) is 0.284. The Morgan fingerprint density at radius 2 is 2.06 bits per heavy atom. The summed E-state index contributed by atoms with van der Waals surface area (Å²) in [5.74, 6) is 0. The zero-order valence-electron chi connectivity index (χ0n) is 11.8. The normalized spacial score (nSPS) is 27.9. The Bertz CT molecular complexity index is 201. The van der Waals surface area contributed by atoms with Crippen LogP contribution in [-0.2, 0) is 0 Å². The first kappa shape index (κ1) is 14.0. The maximum Gasteiger partial charge on any atom is 0.0253 e. The molecule has 0 spiro atoms. The first-order valence-corrected chi connectivity index (χ1v) is 7.01. The molecular formula is C14H30N2. The molecular weight excluding hydrogens is 196 g/mol. The lowest BCUT2D eigenvalue weighted by molar-refractivity contribution is 0.0543. The van der Waals surface area contributed by atoms with E-state index in [0.717, 1.165) is 18.6 Å². The predicted octanol–water partition coefficient (Wildman–Crippen LogP) is 3.03. The molecule has 0 aromatic carbocycles. The van der Waals surface area contributed by atoms with Crippen LogP contribution in [0.5, 0.6) is 0 Å². The van der Waals surface area contributed by atoms with E-state index < -0.39 is 0 Å². The Kier molecular flexibility index (Phi) is 5.26. The number of nitrogens with zero attached hydrogens (tertiary/aromatic N) is 1. The van der Waals surface area contributed by atoms with Crippen molar-refractivity contribution < 1.29 is 0 Å². The van der Waals surface area contributed by atoms with Crippen LogP contribution >= 0.6 is 0 Å². The first-order valence-electron chi connectivity index (χ1n) is 7.01. The minimum absolute atomic E-state index is 0.284. The molecule has 1 rings (SSSR count). The molecule has 2 nitrogen and oxygen atoms in total. The molecule has 2 atom stereocenters. The van der Waals surface area contributed by atoms with Crippen molar-refractivity contribution in [1.82, 2.24) is 10.2 Å². The molecule has 0 saturated carbocycles. The summed E-state index contributed by atoms with van der Waals surface area (Å²) in [6.07, 6.45) is 5.29. The van der Waals surface area contributed by atoms with Gasteiger partial charge in [-0.05, 0) is 33.6 Å². The van der Waals surface area contributed by atoms with E-state index in [1.165, 1.54) is 32.2 Å². The topological polar surface area (TPSA) is 15.3 Å². The Balaban J connectivity index is 2.57. The molecule has 1 aliphatic heterocycles. The number of rotatable bonds is 5. The molecule has 2 heteroatoms. The second-order valence-corrected chi connectivity index (χ2v) is 5.99. The summed E-state index contributed by atoms with van der Waals surface area (Å²) in [5, 5.41) is 3.66. The number of unbranched alkanes of at least 4 members (excludes halogenated alkanes) is 1. The van der Waals surface area contributed by atoms with Gasteiger partial charge in [0.05, 0.1) is 0 Å². The fourth-order valence-electron chi connectivity index (χ4n) is 2.71. The molecule has 0 bridgehead atoms. The van der Waals surface area contributed by atoms with E-state index in [1.807, 2.05) is 0 Å². The second-order valence-electron chi connectivity index (χ2n) is 5.99. The van der Waals surface area contributed by atoms with Crippen LogP contribution < -0.4 is 5.32 Å². The van der Waals surface area contributed by atoms with Gasteiger partial charge in [0.15, 0.2) is 0 Å². The van der Waals surface area contributed by atoms with Gasteiger partial charge in [-0.2, -0.15) is 0 Å². The number of hydrogen-bond acceptors (Lipinski definition) is 2. The molecule has 0 aliphatic carbocycles. The van der Waals surface area contributed by atoms with Crippen molar-refractivity contribution in [2.75, 3.05) is 13.1 Å². The lowest BCUT2D eigenvalue weighted by atomic mass is 9.95. The quantitative estimate of drug-likeness (QED) is 0.775. The van der Waals surface area contributed by atoms with E-state index in [4.69, 9.17) is 0 Å². The van der Waals surface area contributed by atoms with E-state index in [0.29, 0.717) is 0 Å². The largest absolute Gasteiger partial charge is 0.309 e. The van der Waals surface area contributed by atoms with E-state index in [1.54, 1.807) is 0 Å². The van der Waals surface area contributed by atoms with Crippen molar-refractivity contribution in [1.29, 1.82) is 0 Å². The molecule has 1 N–H and O–H groups in total. The summed E-state index contributed by atoms with van der Waals surface area (Å²) >= 11 is 0. The molecule has 1 fully saturated rings. The second kappa shape index (κ2) is 6.02. The Morgan fingerprint density at radius 3 is 2.62 bits per heavy atom. The highest BCUT2D eigenvalue weighted by molar-refractivity contribution is 4.93. The minimum Gasteiger partial charge on any atom is -0.309 e. The van der Waals surface area contributed by atoms with Gasteiger partial charge in [-0.1, -0.05) is 26.7 Å². The van der Waals surface area contributed by atoms with Crippen molar-refractivity contribution in [2.24, 2.45) is 0 Å². The van der Waals surface area contributed by atoms with Gasteiger partial charge in [0.2, 0.25) is 0 Å². The summed E-state index contributed by atoms with van der Waals surface area (Å²) in [6.45, 7) is 14.0. The molecule has 0 aromatic rings. The van der Waals surface area contributed by atoms with Crippen molar-refractivity contribution in [3.05, 3.63) is 0 Å². The van der Waals surface area contributed by atoms with Crippen molar-refractivity contribution in [3.63, 3.8) is 0 Å². The molecule has 0 radical (unpaired) electrons. The number of hydrogen-bond donors (Lipinski definition) is 1. The average Bonchev–Trinajstić information content (AvgIpc) is 2.24. The van der Waals surface area contributed by atoms with E-state index in [9.17, 15) is 0 Å². The number of piperazine rings is 1. The van der Waals surface area contributed by atoms with E-state index in [-0.39, 0.29) is 5.54 Å². The fraction of sp³-hybridized carbons (Fsp3) is 1.00. The Labute approximate surface area is 102 Å². The summed E-state index contributed by atoms with van der Waals surface area (Å²) in [4.78, 5) is 2.73. The minimum atomic E-state index is 0.284. The van der Waals surface area contributed by atoms with Crippen molar-refractivity contribution in [3.8, 4) is 0 Å². The molecule has 1 heterocycles. The highest BCUT2D eigenvalue weighted by Gasteiger charge is 2.33. The van der Waals surface area contributed by atoms with Crippen LogP contribution in [0.3, 0.4) is 0 Å². The Morgan fingerprint density at radius 1 is 1.38 bits per heavy atom. The van der Waals surface area contributed by atoms with Gasteiger partial charge in [-0.15, -0.1) is 0 Å². The SMILES string of the molecule is CCCCC(C)N1CC(C)(C)NCC1CC. The predicted molar refractivity (Wildman–Crippen MR) is 71.9 cm³/mol. The van der Waals surface area contributed by atoms with Gasteiger partial charge in [0.25, 0.3) is 0 Å². The highest BCUT2D eigenvalue weighted by Crippen LogP contribution is 2.21. The van der Waals surface area contributed by atoms with Gasteiger partial charge >= 0.3 is 0 Å². The molecule has 1 aliphatic rings. The van der Waals surface area contributed by atoms with Crippen LogP contribution in [0.2, 0.25) is 0 Å². The monoisotopic (exact) mass is 226 g/mol. The third-order valence-corrected chi connectivity index (χ3v) is 3.88. The standard InChI is InChI=1S/C14H30N2/c1-6-8-9-12(3)16-11-14(4,5)15-10-13(16)7-2/h12-13,15H,6-11H2,1-5H3. The van der Waals surface area contributed by atoms with Crippen molar-refractivity contribution >= 4 is 0 Å². The van der Waals surface area contributed by atoms with Gasteiger partial charge in [0.1, 0.15) is 0 Å². The maximum atomic E-state index is 3.66. The van der Waals surface area contributed by atoms with Gasteiger partial charge in [-0.3, -0.25) is 4.90 Å². The van der Waals surface area contributed by atoms with Crippen LogP contribution in [0.4, 0.5) is 0 Å². The molecule has 0 aromatic heterocycles. The zero-order chi connectivity index (χ0) is 12.2. The molecule has 16 heavy (non-hydrogen) atoms. The van der Waals surface area contributed by atoms with E-state index in [2.05, 4.69) is 44.8 Å². The lowest BCUT2D eigenvalue weighted by Gasteiger charge is -2.47. The van der Waals surface area contributed by atoms with Crippen LogP contribution in [0.25, 0.3) is 0 Å². The lowest BCUT2D eigenvalue weighted by Crippen LogP contribution is -2.63. The van der Waals surface area contributed by atoms with Crippen LogP contribution in [0.15, 0.2) is 0 Å². The summed E-state index contributed by atoms with van der Waals surface area (Å²) < 4.78 is 0. The highest BCUT2D eigenvalue weighted by atomic mass is 15.3. The first-order chi connectivity index (χ1) is 7.50. The van der Waals surface area contributed by atoms with Gasteiger partial charge in [0, 0.05) is 30.7 Å². The fourth-order valence-corrected chi connectivity index (χ4v) is 2.71. The molecule has 1 saturated heterocycles. The number of nitrogens with one attached hydrogen (secondary N) is 1.